The second-order valence-corrected chi connectivity index (χ2v) is 7.90. The van der Waals surface area contributed by atoms with Crippen LogP contribution in [0, 0.1) is 6.92 Å². The summed E-state index contributed by atoms with van der Waals surface area (Å²) in [6.07, 6.45) is 5.64. The van der Waals surface area contributed by atoms with E-state index in [9.17, 15) is 0 Å². The number of benzene rings is 1. The summed E-state index contributed by atoms with van der Waals surface area (Å²) in [7, 11) is 0. The van der Waals surface area contributed by atoms with Gasteiger partial charge in [0.15, 0.2) is 0 Å². The lowest BCUT2D eigenvalue weighted by Gasteiger charge is -2.29. The largest absolute Gasteiger partial charge is 0.378 e. The molecular weight excluding hydrogens is 378 g/mol. The van der Waals surface area contributed by atoms with Gasteiger partial charge in [0.1, 0.15) is 11.3 Å². The molecule has 1 aromatic carbocycles. The molecule has 5 rings (SSSR count). The zero-order valence-electron chi connectivity index (χ0n) is 17.5. The quantitative estimate of drug-likeness (QED) is 0.554. The topological polar surface area (TPSA) is 81.0 Å². The molecule has 8 nitrogen and oxygen atoms in total. The molecule has 0 saturated carbocycles. The molecular formula is C22H25N7O. The van der Waals surface area contributed by atoms with E-state index in [1.807, 2.05) is 35.4 Å². The summed E-state index contributed by atoms with van der Waals surface area (Å²) < 4.78 is 7.46. The normalized spacial score (nSPS) is 14.7. The molecule has 1 fully saturated rings. The van der Waals surface area contributed by atoms with Crippen LogP contribution >= 0.6 is 0 Å². The fourth-order valence-electron chi connectivity index (χ4n) is 3.94. The van der Waals surface area contributed by atoms with Crippen LogP contribution < -0.4 is 10.2 Å². The Bertz CT molecular complexity index is 1210. The first-order valence-electron chi connectivity index (χ1n) is 10.3. The number of pyridine rings is 1. The van der Waals surface area contributed by atoms with E-state index in [4.69, 9.17) is 9.72 Å². The van der Waals surface area contributed by atoms with E-state index in [0.29, 0.717) is 5.95 Å². The van der Waals surface area contributed by atoms with Crippen LogP contribution in [0.25, 0.3) is 21.8 Å². The Labute approximate surface area is 174 Å². The summed E-state index contributed by atoms with van der Waals surface area (Å²) in [5, 5.41) is 9.86. The number of fused-ring (bicyclic) bond motifs is 3. The van der Waals surface area contributed by atoms with Gasteiger partial charge in [0.25, 0.3) is 0 Å². The van der Waals surface area contributed by atoms with E-state index in [0.717, 1.165) is 65.2 Å². The van der Waals surface area contributed by atoms with Crippen molar-refractivity contribution in [3.63, 3.8) is 0 Å². The Hall–Kier alpha value is -3.26. The average Bonchev–Trinajstić information content (AvgIpc) is 3.20. The molecule has 154 valence electrons. The predicted octanol–water partition coefficient (Wildman–Crippen LogP) is 3.84. The summed E-state index contributed by atoms with van der Waals surface area (Å²) >= 11 is 0. The lowest BCUT2D eigenvalue weighted by Crippen LogP contribution is -2.36. The van der Waals surface area contributed by atoms with Gasteiger partial charge in [-0.25, -0.2) is 15.0 Å². The number of aromatic nitrogens is 5. The summed E-state index contributed by atoms with van der Waals surface area (Å²) in [4.78, 5) is 16.2. The Morgan fingerprint density at radius 3 is 2.60 bits per heavy atom. The number of rotatable bonds is 4. The van der Waals surface area contributed by atoms with Gasteiger partial charge >= 0.3 is 0 Å². The van der Waals surface area contributed by atoms with Crippen LogP contribution in [0.1, 0.15) is 25.5 Å². The lowest BCUT2D eigenvalue weighted by molar-refractivity contribution is 0.122. The minimum atomic E-state index is 0.247. The SMILES string of the molecule is Cc1cc(Nc2ncc3ccc4cnn(C(C)C)c4c3n2)ncc1N1CCOCC1. The van der Waals surface area contributed by atoms with Crippen LogP contribution in [-0.4, -0.2) is 51.0 Å². The second kappa shape index (κ2) is 7.53. The molecule has 0 aliphatic carbocycles. The third kappa shape index (κ3) is 3.33. The standard InChI is InChI=1S/C22H25N7O/c1-14(2)29-21-17(12-25-29)5-4-16-11-24-22(27-20(16)21)26-19-10-15(3)18(13-23-19)28-6-8-30-9-7-28/h4-5,10-14H,6-9H2,1-3H3,(H,23,24,26,27). The van der Waals surface area contributed by atoms with Crippen molar-refractivity contribution in [1.29, 1.82) is 0 Å². The van der Waals surface area contributed by atoms with Crippen LogP contribution in [0.2, 0.25) is 0 Å². The molecule has 1 aliphatic rings. The van der Waals surface area contributed by atoms with Crippen LogP contribution in [0.5, 0.6) is 0 Å². The van der Waals surface area contributed by atoms with Gasteiger partial charge in [-0.1, -0.05) is 12.1 Å². The van der Waals surface area contributed by atoms with E-state index in [1.165, 1.54) is 0 Å². The average molecular weight is 403 g/mol. The highest BCUT2D eigenvalue weighted by Gasteiger charge is 2.15. The Kier molecular flexibility index (Phi) is 4.71. The predicted molar refractivity (Wildman–Crippen MR) is 119 cm³/mol. The molecule has 4 heterocycles. The zero-order chi connectivity index (χ0) is 20.7. The second-order valence-electron chi connectivity index (χ2n) is 7.90. The van der Waals surface area contributed by atoms with Gasteiger partial charge in [0.05, 0.1) is 36.8 Å². The van der Waals surface area contributed by atoms with E-state index in [1.54, 1.807) is 0 Å². The monoisotopic (exact) mass is 403 g/mol. The number of hydrogen-bond acceptors (Lipinski definition) is 7. The van der Waals surface area contributed by atoms with Gasteiger partial charge in [-0.05, 0) is 32.4 Å². The Morgan fingerprint density at radius 2 is 1.83 bits per heavy atom. The molecule has 0 bridgehead atoms. The minimum Gasteiger partial charge on any atom is -0.378 e. The van der Waals surface area contributed by atoms with Crippen molar-refractivity contribution in [3.8, 4) is 0 Å². The van der Waals surface area contributed by atoms with Gasteiger partial charge in [0.2, 0.25) is 5.95 Å². The third-order valence-electron chi connectivity index (χ3n) is 5.47. The summed E-state index contributed by atoms with van der Waals surface area (Å²) in [6.45, 7) is 9.63. The number of hydrogen-bond donors (Lipinski definition) is 1. The van der Waals surface area contributed by atoms with E-state index in [-0.39, 0.29) is 6.04 Å². The molecule has 3 aromatic heterocycles. The highest BCUT2D eigenvalue weighted by atomic mass is 16.5. The minimum absolute atomic E-state index is 0.247. The molecule has 0 unspecified atom stereocenters. The van der Waals surface area contributed by atoms with Crippen molar-refractivity contribution in [2.24, 2.45) is 0 Å². The van der Waals surface area contributed by atoms with Gasteiger partial charge in [0, 0.05) is 36.1 Å². The van der Waals surface area contributed by atoms with Crippen LogP contribution in [-0.2, 0) is 4.74 Å². The number of morpholine rings is 1. The Morgan fingerprint density at radius 1 is 1.03 bits per heavy atom. The molecule has 1 aliphatic heterocycles. The fourth-order valence-corrected chi connectivity index (χ4v) is 3.94. The van der Waals surface area contributed by atoms with E-state index >= 15 is 0 Å². The maximum absolute atomic E-state index is 5.45. The lowest BCUT2D eigenvalue weighted by atomic mass is 10.2. The van der Waals surface area contributed by atoms with E-state index in [2.05, 4.69) is 52.1 Å². The summed E-state index contributed by atoms with van der Waals surface area (Å²) in [5.74, 6) is 1.26. The number of anilines is 3. The summed E-state index contributed by atoms with van der Waals surface area (Å²) in [6, 6.07) is 6.39. The van der Waals surface area contributed by atoms with Crippen LogP contribution in [0.4, 0.5) is 17.5 Å². The number of aryl methyl sites for hydroxylation is 1. The van der Waals surface area contributed by atoms with Gasteiger partial charge in [-0.3, -0.25) is 4.68 Å². The first-order chi connectivity index (χ1) is 14.6. The molecule has 1 saturated heterocycles. The van der Waals surface area contributed by atoms with Crippen molar-refractivity contribution in [1.82, 2.24) is 24.7 Å². The van der Waals surface area contributed by atoms with Gasteiger partial charge < -0.3 is 15.0 Å². The smallest absolute Gasteiger partial charge is 0.228 e. The third-order valence-corrected chi connectivity index (χ3v) is 5.47. The number of nitrogens with zero attached hydrogens (tertiary/aromatic N) is 6. The van der Waals surface area contributed by atoms with Crippen LogP contribution in [0.15, 0.2) is 36.8 Å². The molecule has 0 spiro atoms. The van der Waals surface area contributed by atoms with Gasteiger partial charge in [-0.15, -0.1) is 0 Å². The van der Waals surface area contributed by atoms with E-state index < -0.39 is 0 Å². The number of nitrogens with one attached hydrogen (secondary N) is 1. The summed E-state index contributed by atoms with van der Waals surface area (Å²) in [5.41, 5.74) is 4.22. The van der Waals surface area contributed by atoms with Crippen molar-refractivity contribution < 1.29 is 4.74 Å². The molecule has 0 amide bonds. The van der Waals surface area contributed by atoms with Crippen molar-refractivity contribution in [3.05, 3.63) is 42.4 Å². The fraction of sp³-hybridized carbons (Fsp3) is 0.364. The van der Waals surface area contributed by atoms with Crippen molar-refractivity contribution >= 4 is 39.3 Å². The number of ether oxygens (including phenoxy) is 1. The van der Waals surface area contributed by atoms with Crippen molar-refractivity contribution in [2.75, 3.05) is 36.5 Å². The molecule has 1 N–H and O–H groups in total. The first-order valence-corrected chi connectivity index (χ1v) is 10.3. The molecule has 0 radical (unpaired) electrons. The highest BCUT2D eigenvalue weighted by Crippen LogP contribution is 2.27. The highest BCUT2D eigenvalue weighted by molar-refractivity contribution is 6.03. The maximum atomic E-state index is 5.45. The zero-order valence-corrected chi connectivity index (χ0v) is 17.5. The molecule has 8 heteroatoms. The van der Waals surface area contributed by atoms with Crippen molar-refractivity contribution in [2.45, 2.75) is 26.8 Å². The maximum Gasteiger partial charge on any atom is 0.228 e. The molecule has 0 atom stereocenters. The Balaban J connectivity index is 1.48. The molecule has 4 aromatic rings. The van der Waals surface area contributed by atoms with Gasteiger partial charge in [-0.2, -0.15) is 5.10 Å². The first kappa shape index (κ1) is 18.7. The van der Waals surface area contributed by atoms with Crippen LogP contribution in [0.3, 0.4) is 0 Å². The molecule has 30 heavy (non-hydrogen) atoms.